The zero-order valence-electron chi connectivity index (χ0n) is 15.5. The van der Waals surface area contributed by atoms with Crippen molar-refractivity contribution >= 4 is 34.6 Å². The lowest BCUT2D eigenvalue weighted by molar-refractivity contribution is -0.123. The number of hydrogen-bond donors (Lipinski definition) is 0. The van der Waals surface area contributed by atoms with E-state index >= 15 is 0 Å². The van der Waals surface area contributed by atoms with Gasteiger partial charge in [-0.3, -0.25) is 9.59 Å². The number of oxime groups is 1. The second-order valence-corrected chi connectivity index (χ2v) is 6.63. The molecular weight excluding hydrogens is 356 g/mol. The van der Waals surface area contributed by atoms with Crippen LogP contribution in [0.1, 0.15) is 18.9 Å². The number of aryl methyl sites for hydroxylation is 1. The number of amides is 2. The number of benzene rings is 2. The standard InChI is InChI=1S/C21H20N4O3/c1-15-20(21(27)25(22-15)17-10-3-2-4-11-17)23-28-14-19(26)24-13-7-9-16-8-5-6-12-18(16)24/h2-6,8,10-12H,7,9,13-14H2,1H3. The smallest absolute Gasteiger partial charge is 0.302 e. The van der Waals surface area contributed by atoms with E-state index in [4.69, 9.17) is 4.84 Å². The number of rotatable bonds is 4. The molecule has 2 heterocycles. The highest BCUT2D eigenvalue weighted by Gasteiger charge is 2.31. The minimum Gasteiger partial charge on any atom is -0.385 e. The molecule has 142 valence electrons. The van der Waals surface area contributed by atoms with Crippen LogP contribution in [0.25, 0.3) is 0 Å². The fourth-order valence-corrected chi connectivity index (χ4v) is 3.37. The zero-order valence-corrected chi connectivity index (χ0v) is 15.5. The third kappa shape index (κ3) is 3.38. The highest BCUT2D eigenvalue weighted by atomic mass is 16.6. The Labute approximate surface area is 162 Å². The molecule has 0 bridgehead atoms. The molecule has 2 aliphatic heterocycles. The molecule has 7 nitrogen and oxygen atoms in total. The Morgan fingerprint density at radius 1 is 1.14 bits per heavy atom. The molecule has 0 saturated carbocycles. The molecule has 0 spiro atoms. The first-order valence-electron chi connectivity index (χ1n) is 9.18. The predicted octanol–water partition coefficient (Wildman–Crippen LogP) is 2.76. The number of carbonyl (C=O) groups is 2. The molecule has 0 saturated heterocycles. The van der Waals surface area contributed by atoms with Crippen LogP contribution in [0.15, 0.2) is 64.9 Å². The summed E-state index contributed by atoms with van der Waals surface area (Å²) in [6.07, 6.45) is 1.87. The Hall–Kier alpha value is -3.48. The molecule has 0 aliphatic carbocycles. The van der Waals surface area contributed by atoms with E-state index in [2.05, 4.69) is 10.3 Å². The Morgan fingerprint density at radius 3 is 2.71 bits per heavy atom. The second kappa shape index (κ2) is 7.64. The molecule has 0 radical (unpaired) electrons. The molecule has 0 aromatic heterocycles. The van der Waals surface area contributed by atoms with Crippen molar-refractivity contribution in [1.82, 2.24) is 0 Å². The van der Waals surface area contributed by atoms with Gasteiger partial charge in [0.2, 0.25) is 0 Å². The van der Waals surface area contributed by atoms with E-state index in [9.17, 15) is 9.59 Å². The van der Waals surface area contributed by atoms with Crippen LogP contribution in [0.4, 0.5) is 11.4 Å². The lowest BCUT2D eigenvalue weighted by Crippen LogP contribution is -2.37. The quantitative estimate of drug-likeness (QED) is 0.770. The van der Waals surface area contributed by atoms with Gasteiger partial charge in [0, 0.05) is 12.2 Å². The first-order chi connectivity index (χ1) is 13.6. The largest absolute Gasteiger partial charge is 0.385 e. The van der Waals surface area contributed by atoms with Gasteiger partial charge in [-0.2, -0.15) is 10.1 Å². The number of carbonyl (C=O) groups excluding carboxylic acids is 2. The lowest BCUT2D eigenvalue weighted by Gasteiger charge is -2.28. The van der Waals surface area contributed by atoms with Gasteiger partial charge in [0.25, 0.3) is 5.91 Å². The minimum atomic E-state index is -0.375. The van der Waals surface area contributed by atoms with Gasteiger partial charge in [-0.05, 0) is 43.5 Å². The topological polar surface area (TPSA) is 74.6 Å². The molecule has 2 aliphatic rings. The fourth-order valence-electron chi connectivity index (χ4n) is 3.37. The van der Waals surface area contributed by atoms with Crippen molar-refractivity contribution in [3.05, 3.63) is 60.2 Å². The van der Waals surface area contributed by atoms with Crippen LogP contribution in [-0.2, 0) is 20.8 Å². The van der Waals surface area contributed by atoms with Crippen molar-refractivity contribution in [1.29, 1.82) is 0 Å². The number of hydrogen-bond acceptors (Lipinski definition) is 5. The van der Waals surface area contributed by atoms with Crippen LogP contribution in [-0.4, -0.2) is 36.4 Å². The van der Waals surface area contributed by atoms with Crippen molar-refractivity contribution in [3.63, 3.8) is 0 Å². The summed E-state index contributed by atoms with van der Waals surface area (Å²) in [4.78, 5) is 32.1. The van der Waals surface area contributed by atoms with Gasteiger partial charge in [0.1, 0.15) is 0 Å². The zero-order chi connectivity index (χ0) is 19.5. The summed E-state index contributed by atoms with van der Waals surface area (Å²) >= 11 is 0. The molecule has 0 atom stereocenters. The highest BCUT2D eigenvalue weighted by Crippen LogP contribution is 2.26. The van der Waals surface area contributed by atoms with E-state index in [-0.39, 0.29) is 24.1 Å². The lowest BCUT2D eigenvalue weighted by atomic mass is 10.0. The highest BCUT2D eigenvalue weighted by molar-refractivity contribution is 6.71. The van der Waals surface area contributed by atoms with Gasteiger partial charge in [-0.1, -0.05) is 41.6 Å². The van der Waals surface area contributed by atoms with Gasteiger partial charge in [0.15, 0.2) is 12.3 Å². The van der Waals surface area contributed by atoms with Crippen LogP contribution < -0.4 is 9.91 Å². The van der Waals surface area contributed by atoms with Crippen LogP contribution in [0.3, 0.4) is 0 Å². The maximum absolute atomic E-state index is 12.6. The van der Waals surface area contributed by atoms with Gasteiger partial charge < -0.3 is 9.74 Å². The molecule has 0 unspecified atom stereocenters. The second-order valence-electron chi connectivity index (χ2n) is 6.63. The first-order valence-corrected chi connectivity index (χ1v) is 9.18. The Bertz CT molecular complexity index is 969. The number of hydrazone groups is 1. The molecule has 28 heavy (non-hydrogen) atoms. The molecular formula is C21H20N4O3. The van der Waals surface area contributed by atoms with Crippen LogP contribution in [0.2, 0.25) is 0 Å². The Balaban J connectivity index is 1.42. The fraction of sp³-hybridized carbons (Fsp3) is 0.238. The maximum Gasteiger partial charge on any atom is 0.302 e. The van der Waals surface area contributed by atoms with Crippen molar-refractivity contribution in [2.75, 3.05) is 23.1 Å². The molecule has 2 amide bonds. The van der Waals surface area contributed by atoms with E-state index in [0.29, 0.717) is 17.9 Å². The van der Waals surface area contributed by atoms with Crippen LogP contribution in [0.5, 0.6) is 0 Å². The van der Waals surface area contributed by atoms with Crippen molar-refractivity contribution in [3.8, 4) is 0 Å². The summed E-state index contributed by atoms with van der Waals surface area (Å²) < 4.78 is 0. The third-order valence-corrected chi connectivity index (χ3v) is 4.74. The average Bonchev–Trinajstić information content (AvgIpc) is 3.02. The molecule has 2 aromatic carbocycles. The summed E-state index contributed by atoms with van der Waals surface area (Å²) in [5.74, 6) is -0.559. The van der Waals surface area contributed by atoms with Crippen LogP contribution >= 0.6 is 0 Å². The van der Waals surface area contributed by atoms with Gasteiger partial charge in [-0.25, -0.2) is 0 Å². The van der Waals surface area contributed by atoms with E-state index < -0.39 is 0 Å². The van der Waals surface area contributed by atoms with Crippen LogP contribution in [0, 0.1) is 0 Å². The summed E-state index contributed by atoms with van der Waals surface area (Å²) in [5.41, 5.74) is 3.28. The Kier molecular flexibility index (Phi) is 4.89. The summed E-state index contributed by atoms with van der Waals surface area (Å²) in [6, 6.07) is 17.0. The molecule has 7 heteroatoms. The average molecular weight is 376 g/mol. The first kappa shape index (κ1) is 17.9. The molecule has 0 N–H and O–H groups in total. The van der Waals surface area contributed by atoms with Crippen molar-refractivity contribution in [2.45, 2.75) is 19.8 Å². The van der Waals surface area contributed by atoms with Gasteiger partial charge >= 0.3 is 5.91 Å². The predicted molar refractivity (Wildman–Crippen MR) is 108 cm³/mol. The summed E-state index contributed by atoms with van der Waals surface area (Å²) in [6.45, 7) is 2.10. The van der Waals surface area contributed by atoms with E-state index in [0.717, 1.165) is 24.1 Å². The molecule has 2 aromatic rings. The SMILES string of the molecule is CC1=NN(c2ccccc2)C(=O)C1=NOCC(=O)N1CCCc2ccccc21. The third-order valence-electron chi connectivity index (χ3n) is 4.74. The maximum atomic E-state index is 12.6. The number of para-hydroxylation sites is 2. The normalized spacial score (nSPS) is 17.5. The number of nitrogens with zero attached hydrogens (tertiary/aromatic N) is 4. The molecule has 0 fully saturated rings. The number of anilines is 2. The van der Waals surface area contributed by atoms with E-state index in [1.54, 1.807) is 24.0 Å². The van der Waals surface area contributed by atoms with Gasteiger partial charge in [0.05, 0.1) is 11.4 Å². The Morgan fingerprint density at radius 2 is 1.89 bits per heavy atom. The molecule has 4 rings (SSSR count). The van der Waals surface area contributed by atoms with E-state index in [1.165, 1.54) is 5.01 Å². The van der Waals surface area contributed by atoms with Crippen molar-refractivity contribution in [2.24, 2.45) is 10.3 Å². The van der Waals surface area contributed by atoms with Crippen molar-refractivity contribution < 1.29 is 14.4 Å². The summed E-state index contributed by atoms with van der Waals surface area (Å²) in [5, 5.41) is 9.41. The minimum absolute atomic E-state index is 0.107. The van der Waals surface area contributed by atoms with Gasteiger partial charge in [-0.15, -0.1) is 0 Å². The summed E-state index contributed by atoms with van der Waals surface area (Å²) in [7, 11) is 0. The number of fused-ring (bicyclic) bond motifs is 1. The van der Waals surface area contributed by atoms with E-state index in [1.807, 2.05) is 42.5 Å². The monoisotopic (exact) mass is 376 g/mol.